The van der Waals surface area contributed by atoms with E-state index in [4.69, 9.17) is 5.26 Å². The smallest absolute Gasteiger partial charge is 0.307 e. The van der Waals surface area contributed by atoms with E-state index in [1.165, 1.54) is 0 Å². The fraction of sp³-hybridized carbons (Fsp3) is 0.267. The lowest BCUT2D eigenvalue weighted by molar-refractivity contribution is 0.262. The summed E-state index contributed by atoms with van der Waals surface area (Å²) in [6.45, 7) is 3.84. The number of rotatable bonds is 5. The topological polar surface area (TPSA) is 93.6 Å². The zero-order valence-electron chi connectivity index (χ0n) is 12.4. The van der Waals surface area contributed by atoms with E-state index in [0.29, 0.717) is 17.9 Å². The highest BCUT2D eigenvalue weighted by Crippen LogP contribution is 2.31. The van der Waals surface area contributed by atoms with Crippen molar-refractivity contribution in [3.05, 3.63) is 36.0 Å². The standard InChI is InChI=1S/C15H17N5OS/c1-10-9-14(20-19-10)18-15(21)17-12-5-3-4-6-13(12)22-11(2)7-8-16/h3-6,9,11H,7H2,1-2H3,(H3,17,18,19,20,21). The Morgan fingerprint density at radius 3 is 2.91 bits per heavy atom. The number of nitrogens with one attached hydrogen (secondary N) is 3. The van der Waals surface area contributed by atoms with Crippen LogP contribution in [-0.2, 0) is 0 Å². The number of aromatic nitrogens is 2. The fourth-order valence-electron chi connectivity index (χ4n) is 1.81. The summed E-state index contributed by atoms with van der Waals surface area (Å²) in [4.78, 5) is 12.9. The van der Waals surface area contributed by atoms with Gasteiger partial charge in [-0.1, -0.05) is 19.1 Å². The molecule has 2 amide bonds. The number of nitrogens with zero attached hydrogens (tertiary/aromatic N) is 2. The number of amides is 2. The molecule has 0 fully saturated rings. The lowest BCUT2D eigenvalue weighted by Crippen LogP contribution is -2.20. The van der Waals surface area contributed by atoms with E-state index in [-0.39, 0.29) is 11.3 Å². The number of carbonyl (C=O) groups is 1. The Morgan fingerprint density at radius 1 is 1.45 bits per heavy atom. The number of thioether (sulfide) groups is 1. The first-order valence-electron chi connectivity index (χ1n) is 6.81. The van der Waals surface area contributed by atoms with E-state index in [1.54, 1.807) is 17.8 Å². The Balaban J connectivity index is 2.02. The lowest BCUT2D eigenvalue weighted by Gasteiger charge is -2.13. The number of carbonyl (C=O) groups excluding carboxylic acids is 1. The molecule has 0 spiro atoms. The summed E-state index contributed by atoms with van der Waals surface area (Å²) >= 11 is 1.56. The minimum absolute atomic E-state index is 0.157. The zero-order chi connectivity index (χ0) is 15.9. The molecule has 0 saturated carbocycles. The molecule has 0 radical (unpaired) electrons. The van der Waals surface area contributed by atoms with Crippen molar-refractivity contribution in [2.45, 2.75) is 30.4 Å². The summed E-state index contributed by atoms with van der Waals surface area (Å²) in [5.41, 5.74) is 1.58. The van der Waals surface area contributed by atoms with E-state index in [2.05, 4.69) is 26.9 Å². The van der Waals surface area contributed by atoms with Crippen molar-refractivity contribution in [3.8, 4) is 6.07 Å². The SMILES string of the molecule is Cc1cc(NC(=O)Nc2ccccc2SC(C)CC#N)n[nH]1. The Morgan fingerprint density at radius 2 is 2.23 bits per heavy atom. The van der Waals surface area contributed by atoms with Gasteiger partial charge in [-0.2, -0.15) is 10.4 Å². The fourth-order valence-corrected chi connectivity index (χ4v) is 2.81. The van der Waals surface area contributed by atoms with Crippen LogP contribution in [0.5, 0.6) is 0 Å². The number of aryl methyl sites for hydroxylation is 1. The van der Waals surface area contributed by atoms with Crippen molar-refractivity contribution in [3.63, 3.8) is 0 Å². The number of nitriles is 1. The van der Waals surface area contributed by atoms with E-state index < -0.39 is 0 Å². The third kappa shape index (κ3) is 4.53. The highest BCUT2D eigenvalue weighted by molar-refractivity contribution is 8.00. The quantitative estimate of drug-likeness (QED) is 0.732. The van der Waals surface area contributed by atoms with Crippen molar-refractivity contribution in [2.75, 3.05) is 10.6 Å². The van der Waals surface area contributed by atoms with Gasteiger partial charge < -0.3 is 5.32 Å². The normalized spacial score (nSPS) is 11.5. The Bertz CT molecular complexity index is 691. The zero-order valence-corrected chi connectivity index (χ0v) is 13.2. The second kappa shape index (κ2) is 7.52. The van der Waals surface area contributed by atoms with Crippen molar-refractivity contribution in [2.24, 2.45) is 0 Å². The van der Waals surface area contributed by atoms with E-state index in [0.717, 1.165) is 10.6 Å². The highest BCUT2D eigenvalue weighted by atomic mass is 32.2. The first-order valence-corrected chi connectivity index (χ1v) is 7.69. The summed E-state index contributed by atoms with van der Waals surface area (Å²) in [6, 6.07) is 11.1. The molecule has 1 atom stereocenters. The van der Waals surface area contributed by atoms with Gasteiger partial charge >= 0.3 is 6.03 Å². The van der Waals surface area contributed by atoms with Crippen LogP contribution in [-0.4, -0.2) is 21.5 Å². The molecule has 1 aromatic carbocycles. The summed E-state index contributed by atoms with van der Waals surface area (Å²) in [5, 5.41) is 21.1. The van der Waals surface area contributed by atoms with Gasteiger partial charge in [-0.05, 0) is 19.1 Å². The molecule has 1 aromatic heterocycles. The molecule has 2 aromatic rings. The molecule has 0 aliphatic rings. The molecule has 1 heterocycles. The van der Waals surface area contributed by atoms with Crippen LogP contribution in [0.1, 0.15) is 19.0 Å². The number of hydrogen-bond donors (Lipinski definition) is 3. The molecule has 1 unspecified atom stereocenters. The van der Waals surface area contributed by atoms with Crippen molar-refractivity contribution in [1.29, 1.82) is 5.26 Å². The van der Waals surface area contributed by atoms with Crippen LogP contribution in [0.25, 0.3) is 0 Å². The molecule has 6 nitrogen and oxygen atoms in total. The Hall–Kier alpha value is -2.46. The van der Waals surface area contributed by atoms with Crippen LogP contribution in [0.15, 0.2) is 35.2 Å². The summed E-state index contributed by atoms with van der Waals surface area (Å²) < 4.78 is 0. The summed E-state index contributed by atoms with van der Waals surface area (Å²) in [6.07, 6.45) is 0.456. The maximum absolute atomic E-state index is 12.0. The second-order valence-electron chi connectivity index (χ2n) is 4.80. The minimum Gasteiger partial charge on any atom is -0.307 e. The summed E-state index contributed by atoms with van der Waals surface area (Å²) in [5.74, 6) is 0.470. The molecular weight excluding hydrogens is 298 g/mol. The Labute approximate surface area is 133 Å². The van der Waals surface area contributed by atoms with Gasteiger partial charge in [-0.25, -0.2) is 4.79 Å². The number of hydrogen-bond acceptors (Lipinski definition) is 4. The molecule has 0 aliphatic heterocycles. The molecule has 2 rings (SSSR count). The van der Waals surface area contributed by atoms with Gasteiger partial charge in [0.05, 0.1) is 11.8 Å². The monoisotopic (exact) mass is 315 g/mol. The van der Waals surface area contributed by atoms with Crippen LogP contribution in [0, 0.1) is 18.3 Å². The molecule has 22 heavy (non-hydrogen) atoms. The average molecular weight is 315 g/mol. The molecular formula is C15H17N5OS. The molecule has 0 aliphatic carbocycles. The van der Waals surface area contributed by atoms with E-state index in [9.17, 15) is 4.79 Å². The lowest BCUT2D eigenvalue weighted by atomic mass is 10.3. The van der Waals surface area contributed by atoms with E-state index in [1.807, 2.05) is 38.1 Å². The predicted molar refractivity (Wildman–Crippen MR) is 88.0 cm³/mol. The third-order valence-electron chi connectivity index (χ3n) is 2.79. The van der Waals surface area contributed by atoms with E-state index >= 15 is 0 Å². The van der Waals surface area contributed by atoms with Gasteiger partial charge in [0.15, 0.2) is 5.82 Å². The molecule has 0 bridgehead atoms. The maximum atomic E-state index is 12.0. The van der Waals surface area contributed by atoms with Crippen molar-refractivity contribution < 1.29 is 4.79 Å². The van der Waals surface area contributed by atoms with Crippen LogP contribution in [0.4, 0.5) is 16.3 Å². The van der Waals surface area contributed by atoms with Gasteiger partial charge in [-0.15, -0.1) is 11.8 Å². The maximum Gasteiger partial charge on any atom is 0.324 e. The number of H-pyrrole nitrogens is 1. The van der Waals surface area contributed by atoms with Gasteiger partial charge in [-0.3, -0.25) is 10.4 Å². The molecule has 0 saturated heterocycles. The highest BCUT2D eigenvalue weighted by Gasteiger charge is 2.11. The van der Waals surface area contributed by atoms with Crippen molar-refractivity contribution >= 4 is 29.3 Å². The number of anilines is 2. The second-order valence-corrected chi connectivity index (χ2v) is 6.28. The average Bonchev–Trinajstić information content (AvgIpc) is 2.86. The first kappa shape index (κ1) is 15.9. The predicted octanol–water partition coefficient (Wildman–Crippen LogP) is 3.76. The number of benzene rings is 1. The largest absolute Gasteiger partial charge is 0.324 e. The molecule has 7 heteroatoms. The minimum atomic E-state index is -0.354. The molecule has 114 valence electrons. The van der Waals surface area contributed by atoms with Gasteiger partial charge in [0.2, 0.25) is 0 Å². The van der Waals surface area contributed by atoms with Gasteiger partial charge in [0.25, 0.3) is 0 Å². The first-order chi connectivity index (χ1) is 10.6. The summed E-state index contributed by atoms with van der Waals surface area (Å²) in [7, 11) is 0. The van der Waals surface area contributed by atoms with Crippen LogP contribution >= 0.6 is 11.8 Å². The third-order valence-corrected chi connectivity index (χ3v) is 3.97. The number of urea groups is 1. The van der Waals surface area contributed by atoms with Crippen LogP contribution in [0.2, 0.25) is 0 Å². The van der Waals surface area contributed by atoms with Gasteiger partial charge in [0, 0.05) is 28.3 Å². The van der Waals surface area contributed by atoms with Crippen molar-refractivity contribution in [1.82, 2.24) is 10.2 Å². The number of para-hydroxylation sites is 1. The molecule has 3 N–H and O–H groups in total. The van der Waals surface area contributed by atoms with Gasteiger partial charge in [0.1, 0.15) is 0 Å². The Kier molecular flexibility index (Phi) is 5.44. The van der Waals surface area contributed by atoms with Crippen LogP contribution < -0.4 is 10.6 Å². The van der Waals surface area contributed by atoms with Crippen LogP contribution in [0.3, 0.4) is 0 Å². The number of aromatic amines is 1.